The summed E-state index contributed by atoms with van der Waals surface area (Å²) in [5, 5.41) is 2.70. The molecule has 0 spiro atoms. The molecule has 2 aromatic carbocycles. The lowest BCUT2D eigenvalue weighted by atomic mass is 10.2. The van der Waals surface area contributed by atoms with Crippen molar-refractivity contribution in [2.75, 3.05) is 18.1 Å². The Bertz CT molecular complexity index is 781. The molecule has 0 saturated carbocycles. The number of anilines is 3. The fourth-order valence-corrected chi connectivity index (χ4v) is 2.60. The third-order valence-electron chi connectivity index (χ3n) is 2.82. The molecule has 0 saturated heterocycles. The highest BCUT2D eigenvalue weighted by atomic mass is 35.5. The minimum absolute atomic E-state index is 0.0177. The fraction of sp³-hybridized carbons (Fsp3) is 0.0769. The number of sulfonamides is 1. The van der Waals surface area contributed by atoms with Gasteiger partial charge in [-0.2, -0.15) is 0 Å². The molecule has 0 fully saturated rings. The minimum atomic E-state index is -3.61. The fourth-order valence-electron chi connectivity index (χ4n) is 1.67. The largest absolute Gasteiger partial charge is 0.397 e. The van der Waals surface area contributed by atoms with Gasteiger partial charge in [0.1, 0.15) is 0 Å². The second-order valence-corrected chi connectivity index (χ2v) is 6.48. The summed E-state index contributed by atoms with van der Waals surface area (Å²) in [5.41, 5.74) is 6.43. The first-order chi connectivity index (χ1) is 9.85. The van der Waals surface area contributed by atoms with Crippen LogP contribution >= 0.6 is 11.6 Å². The molecule has 0 radical (unpaired) electrons. The van der Waals surface area contributed by atoms with E-state index >= 15 is 0 Å². The van der Waals surface area contributed by atoms with E-state index in [9.17, 15) is 12.8 Å². The lowest BCUT2D eigenvalue weighted by Gasteiger charge is -2.12. The molecular formula is C13H13ClFN3O2S. The summed E-state index contributed by atoms with van der Waals surface area (Å²) < 4.78 is 39.6. The van der Waals surface area contributed by atoms with Gasteiger partial charge in [-0.3, -0.25) is 0 Å². The first-order valence-electron chi connectivity index (χ1n) is 5.89. The van der Waals surface area contributed by atoms with Crippen molar-refractivity contribution in [2.45, 2.75) is 4.90 Å². The predicted octanol–water partition coefficient (Wildman–Crippen LogP) is 2.71. The Morgan fingerprint density at radius 1 is 1.19 bits per heavy atom. The molecule has 0 bridgehead atoms. The molecule has 8 heteroatoms. The van der Waals surface area contributed by atoms with E-state index in [0.29, 0.717) is 0 Å². The lowest BCUT2D eigenvalue weighted by molar-refractivity contribution is 0.588. The van der Waals surface area contributed by atoms with Gasteiger partial charge in [-0.05, 0) is 37.4 Å². The van der Waals surface area contributed by atoms with E-state index in [1.54, 1.807) is 6.07 Å². The minimum Gasteiger partial charge on any atom is -0.397 e. The normalized spacial score (nSPS) is 11.4. The Labute approximate surface area is 127 Å². The topological polar surface area (TPSA) is 84.2 Å². The molecule has 112 valence electrons. The van der Waals surface area contributed by atoms with Crippen LogP contribution in [0.15, 0.2) is 41.3 Å². The van der Waals surface area contributed by atoms with Crippen LogP contribution in [0, 0.1) is 5.82 Å². The van der Waals surface area contributed by atoms with Crippen molar-refractivity contribution in [1.29, 1.82) is 0 Å². The number of benzene rings is 2. The summed E-state index contributed by atoms with van der Waals surface area (Å²) in [7, 11) is -2.31. The van der Waals surface area contributed by atoms with Gasteiger partial charge >= 0.3 is 0 Å². The van der Waals surface area contributed by atoms with Gasteiger partial charge in [-0.15, -0.1) is 0 Å². The standard InChI is InChI=1S/C13H13ClFN3O2S/c1-17-21(19,20)8-5-6-10(16)12(7-8)18-11-4-2-3-9(14)13(11)15/h2-7,17-18H,16H2,1H3. The maximum absolute atomic E-state index is 13.9. The molecular weight excluding hydrogens is 317 g/mol. The highest BCUT2D eigenvalue weighted by Gasteiger charge is 2.14. The molecule has 0 aliphatic rings. The van der Waals surface area contributed by atoms with Crippen LogP contribution < -0.4 is 15.8 Å². The van der Waals surface area contributed by atoms with Gasteiger partial charge in [0.15, 0.2) is 5.82 Å². The van der Waals surface area contributed by atoms with Crippen molar-refractivity contribution in [3.63, 3.8) is 0 Å². The van der Waals surface area contributed by atoms with Gasteiger partial charge in [0.2, 0.25) is 10.0 Å². The number of rotatable bonds is 4. The van der Waals surface area contributed by atoms with Crippen LogP contribution in [-0.2, 0) is 10.0 Å². The van der Waals surface area contributed by atoms with Gasteiger partial charge in [-0.1, -0.05) is 17.7 Å². The van der Waals surface area contributed by atoms with E-state index in [4.69, 9.17) is 17.3 Å². The number of nitrogen functional groups attached to an aromatic ring is 1. The van der Waals surface area contributed by atoms with Crippen molar-refractivity contribution >= 4 is 38.7 Å². The third kappa shape index (κ3) is 3.26. The van der Waals surface area contributed by atoms with Crippen LogP contribution in [0.4, 0.5) is 21.5 Å². The van der Waals surface area contributed by atoms with Crippen LogP contribution in [-0.4, -0.2) is 15.5 Å². The first kappa shape index (κ1) is 15.6. The monoisotopic (exact) mass is 329 g/mol. The highest BCUT2D eigenvalue weighted by molar-refractivity contribution is 7.89. The molecule has 5 nitrogen and oxygen atoms in total. The van der Waals surface area contributed by atoms with E-state index in [-0.39, 0.29) is 27.0 Å². The number of hydrogen-bond acceptors (Lipinski definition) is 4. The average molecular weight is 330 g/mol. The zero-order valence-electron chi connectivity index (χ0n) is 11.0. The molecule has 0 amide bonds. The van der Waals surface area contributed by atoms with Gasteiger partial charge in [0.05, 0.1) is 27.0 Å². The lowest BCUT2D eigenvalue weighted by Crippen LogP contribution is -2.18. The molecule has 0 aliphatic carbocycles. The molecule has 4 N–H and O–H groups in total. The summed E-state index contributed by atoms with van der Waals surface area (Å²) in [6.45, 7) is 0. The summed E-state index contributed by atoms with van der Waals surface area (Å²) >= 11 is 5.69. The van der Waals surface area contributed by atoms with Gasteiger partial charge in [0.25, 0.3) is 0 Å². The Morgan fingerprint density at radius 3 is 2.57 bits per heavy atom. The maximum Gasteiger partial charge on any atom is 0.240 e. The third-order valence-corrected chi connectivity index (χ3v) is 4.53. The summed E-state index contributed by atoms with van der Waals surface area (Å²) in [4.78, 5) is 0.0177. The predicted molar refractivity (Wildman–Crippen MR) is 81.8 cm³/mol. The van der Waals surface area contributed by atoms with Crippen LogP contribution in [0.5, 0.6) is 0 Å². The summed E-state index contributed by atoms with van der Waals surface area (Å²) in [6.07, 6.45) is 0. The van der Waals surface area contributed by atoms with E-state index in [1.807, 2.05) is 0 Å². The second kappa shape index (κ2) is 5.88. The van der Waals surface area contributed by atoms with E-state index in [1.165, 1.54) is 37.4 Å². The number of hydrogen-bond donors (Lipinski definition) is 3. The summed E-state index contributed by atoms with van der Waals surface area (Å²) in [6, 6.07) is 8.56. The zero-order chi connectivity index (χ0) is 15.6. The molecule has 0 atom stereocenters. The van der Waals surface area contributed by atoms with Crippen molar-refractivity contribution in [2.24, 2.45) is 0 Å². The van der Waals surface area contributed by atoms with Crippen molar-refractivity contribution in [1.82, 2.24) is 4.72 Å². The highest BCUT2D eigenvalue weighted by Crippen LogP contribution is 2.29. The zero-order valence-corrected chi connectivity index (χ0v) is 12.6. The quantitative estimate of drug-likeness (QED) is 0.753. The Kier molecular flexibility index (Phi) is 4.36. The van der Waals surface area contributed by atoms with Gasteiger partial charge < -0.3 is 11.1 Å². The number of nitrogens with one attached hydrogen (secondary N) is 2. The van der Waals surface area contributed by atoms with Crippen molar-refractivity contribution in [3.05, 3.63) is 47.2 Å². The van der Waals surface area contributed by atoms with Crippen LogP contribution in [0.1, 0.15) is 0 Å². The molecule has 2 rings (SSSR count). The maximum atomic E-state index is 13.9. The molecule has 2 aromatic rings. The molecule has 0 heterocycles. The van der Waals surface area contributed by atoms with Crippen molar-refractivity contribution < 1.29 is 12.8 Å². The number of halogens is 2. The van der Waals surface area contributed by atoms with E-state index in [2.05, 4.69) is 10.0 Å². The van der Waals surface area contributed by atoms with E-state index in [0.717, 1.165) is 0 Å². The molecule has 0 unspecified atom stereocenters. The van der Waals surface area contributed by atoms with Crippen molar-refractivity contribution in [3.8, 4) is 0 Å². The smallest absolute Gasteiger partial charge is 0.240 e. The number of nitrogens with two attached hydrogens (primary N) is 1. The van der Waals surface area contributed by atoms with Gasteiger partial charge in [0, 0.05) is 0 Å². The molecule has 0 aliphatic heterocycles. The molecule has 0 aromatic heterocycles. The van der Waals surface area contributed by atoms with E-state index < -0.39 is 15.8 Å². The Balaban J connectivity index is 2.45. The Morgan fingerprint density at radius 2 is 1.90 bits per heavy atom. The van der Waals surface area contributed by atoms with Crippen LogP contribution in [0.3, 0.4) is 0 Å². The van der Waals surface area contributed by atoms with Crippen LogP contribution in [0.25, 0.3) is 0 Å². The second-order valence-electron chi connectivity index (χ2n) is 4.18. The van der Waals surface area contributed by atoms with Crippen LogP contribution in [0.2, 0.25) is 5.02 Å². The average Bonchev–Trinajstić information content (AvgIpc) is 2.46. The summed E-state index contributed by atoms with van der Waals surface area (Å²) in [5.74, 6) is -0.638. The Hall–Kier alpha value is -1.83. The van der Waals surface area contributed by atoms with Gasteiger partial charge in [-0.25, -0.2) is 17.5 Å². The first-order valence-corrected chi connectivity index (χ1v) is 7.75. The molecule has 21 heavy (non-hydrogen) atoms. The SMILES string of the molecule is CNS(=O)(=O)c1ccc(N)c(Nc2cccc(Cl)c2F)c1.